The summed E-state index contributed by atoms with van der Waals surface area (Å²) >= 11 is 0. The molecule has 1 aromatic heterocycles. The molecule has 0 N–H and O–H groups in total. The molecule has 0 aliphatic rings. The fourth-order valence-electron chi connectivity index (χ4n) is 1.27. The normalized spacial score (nSPS) is 13.1. The summed E-state index contributed by atoms with van der Waals surface area (Å²) in [5, 5.41) is 0. The smallest absolute Gasteiger partial charge is 0.384 e. The Morgan fingerprint density at radius 1 is 1.36 bits per heavy atom. The molecule has 4 heteroatoms. The summed E-state index contributed by atoms with van der Waals surface area (Å²) < 4.78 is 10.5. The number of rotatable bonds is 5. The van der Waals surface area contributed by atoms with Crippen molar-refractivity contribution in [1.29, 1.82) is 0 Å². The van der Waals surface area contributed by atoms with Crippen LogP contribution >= 0.6 is 0 Å². The maximum absolute atomic E-state index is 5.24. The highest BCUT2D eigenvalue weighted by atomic mass is 28.3. The van der Waals surface area contributed by atoms with Gasteiger partial charge in [0, 0.05) is 38.1 Å². The minimum Gasteiger partial charge on any atom is -0.397 e. The molecule has 0 aliphatic carbocycles. The third-order valence-corrected chi connectivity index (χ3v) is 3.98. The molecule has 0 aliphatic heterocycles. The average Bonchev–Trinajstić information content (AvgIpc) is 2.26. The van der Waals surface area contributed by atoms with Crippen LogP contribution in [0.25, 0.3) is 0 Å². The molecule has 1 aromatic rings. The molecule has 0 saturated carbocycles. The zero-order valence-corrected chi connectivity index (χ0v) is 9.86. The van der Waals surface area contributed by atoms with Crippen LogP contribution in [0.1, 0.15) is 18.5 Å². The van der Waals surface area contributed by atoms with E-state index in [2.05, 4.69) is 11.9 Å². The summed E-state index contributed by atoms with van der Waals surface area (Å²) in [5.74, 6) is 0.394. The molecular formula is C10H16NO2Si. The molecule has 1 unspecified atom stereocenters. The lowest BCUT2D eigenvalue weighted by Gasteiger charge is -2.14. The molecule has 1 radical (unpaired) electrons. The van der Waals surface area contributed by atoms with Gasteiger partial charge >= 0.3 is 9.28 Å². The van der Waals surface area contributed by atoms with Gasteiger partial charge in [-0.3, -0.25) is 4.98 Å². The maximum Gasteiger partial charge on any atom is 0.384 e. The Labute approximate surface area is 86.9 Å². The van der Waals surface area contributed by atoms with Crippen LogP contribution in [0.2, 0.25) is 6.04 Å². The summed E-state index contributed by atoms with van der Waals surface area (Å²) in [7, 11) is 2.29. The third-order valence-electron chi connectivity index (χ3n) is 2.12. The van der Waals surface area contributed by atoms with Gasteiger partial charge < -0.3 is 8.85 Å². The first-order chi connectivity index (χ1) is 6.77. The number of hydrogen-bond acceptors (Lipinski definition) is 3. The van der Waals surface area contributed by atoms with Crippen molar-refractivity contribution in [1.82, 2.24) is 4.98 Å². The Balaban J connectivity index is 2.54. The minimum atomic E-state index is -1.11. The maximum atomic E-state index is 5.24. The number of aromatic nitrogens is 1. The molecule has 0 aromatic carbocycles. The fraction of sp³-hybridized carbons (Fsp3) is 0.500. The Kier molecular flexibility index (Phi) is 4.79. The van der Waals surface area contributed by atoms with E-state index in [-0.39, 0.29) is 0 Å². The second kappa shape index (κ2) is 5.90. The highest BCUT2D eigenvalue weighted by Gasteiger charge is 2.18. The van der Waals surface area contributed by atoms with Gasteiger partial charge in [0.05, 0.1) is 0 Å². The third kappa shape index (κ3) is 3.21. The Bertz CT molecular complexity index is 252. The van der Waals surface area contributed by atoms with E-state index in [1.807, 2.05) is 24.4 Å². The summed E-state index contributed by atoms with van der Waals surface area (Å²) in [4.78, 5) is 4.31. The van der Waals surface area contributed by atoms with Crippen LogP contribution in [0.4, 0.5) is 0 Å². The molecule has 3 nitrogen and oxygen atoms in total. The van der Waals surface area contributed by atoms with Crippen molar-refractivity contribution < 1.29 is 8.85 Å². The van der Waals surface area contributed by atoms with Crippen molar-refractivity contribution >= 4 is 9.28 Å². The van der Waals surface area contributed by atoms with Gasteiger partial charge in [-0.2, -0.15) is 0 Å². The summed E-state index contributed by atoms with van der Waals surface area (Å²) in [6.07, 6.45) is 1.82. The van der Waals surface area contributed by atoms with E-state index in [9.17, 15) is 0 Å². The van der Waals surface area contributed by atoms with Crippen molar-refractivity contribution in [3.8, 4) is 0 Å². The first-order valence-corrected chi connectivity index (χ1v) is 6.15. The predicted molar refractivity (Wildman–Crippen MR) is 57.2 cm³/mol. The van der Waals surface area contributed by atoms with Gasteiger partial charge in [-0.25, -0.2) is 0 Å². The lowest BCUT2D eigenvalue weighted by Crippen LogP contribution is -2.21. The molecule has 0 spiro atoms. The first-order valence-electron chi connectivity index (χ1n) is 4.62. The van der Waals surface area contributed by atoms with Crippen molar-refractivity contribution in [2.45, 2.75) is 18.9 Å². The fourth-order valence-corrected chi connectivity index (χ4v) is 2.48. The van der Waals surface area contributed by atoms with Crippen LogP contribution in [-0.4, -0.2) is 28.5 Å². The molecule has 0 saturated heterocycles. The number of nitrogens with zero attached hydrogens (tertiary/aromatic N) is 1. The molecule has 0 amide bonds. The van der Waals surface area contributed by atoms with E-state index < -0.39 is 9.28 Å². The lowest BCUT2D eigenvalue weighted by atomic mass is 10.1. The molecule has 0 fully saturated rings. The Hall–Kier alpha value is -0.713. The molecular weight excluding hydrogens is 194 g/mol. The van der Waals surface area contributed by atoms with Crippen molar-refractivity contribution in [2.24, 2.45) is 0 Å². The van der Waals surface area contributed by atoms with Gasteiger partial charge in [-0.15, -0.1) is 0 Å². The molecule has 1 atom stereocenters. The van der Waals surface area contributed by atoms with Crippen LogP contribution in [-0.2, 0) is 8.85 Å². The lowest BCUT2D eigenvalue weighted by molar-refractivity contribution is 0.275. The van der Waals surface area contributed by atoms with Gasteiger partial charge in [-0.1, -0.05) is 13.0 Å². The van der Waals surface area contributed by atoms with Crippen LogP contribution < -0.4 is 0 Å². The van der Waals surface area contributed by atoms with E-state index in [1.165, 1.54) is 0 Å². The van der Waals surface area contributed by atoms with Crippen LogP contribution in [0.3, 0.4) is 0 Å². The van der Waals surface area contributed by atoms with E-state index in [0.717, 1.165) is 11.7 Å². The predicted octanol–water partition coefficient (Wildman–Crippen LogP) is 1.97. The summed E-state index contributed by atoms with van der Waals surface area (Å²) in [6.45, 7) is 2.14. The largest absolute Gasteiger partial charge is 0.397 e. The summed E-state index contributed by atoms with van der Waals surface area (Å²) in [5.41, 5.74) is 1.10. The van der Waals surface area contributed by atoms with Crippen molar-refractivity contribution in [3.63, 3.8) is 0 Å². The standard InChI is InChI=1S/C10H16NO2Si/c1-9(8-14(12-2)13-3)10-6-4-5-7-11-10/h4-7,9H,8H2,1-3H3. The first kappa shape index (κ1) is 11.4. The molecule has 1 rings (SSSR count). The second-order valence-electron chi connectivity index (χ2n) is 3.14. The minimum absolute atomic E-state index is 0.394. The van der Waals surface area contributed by atoms with Gasteiger partial charge in [-0.05, 0) is 12.1 Å². The number of hydrogen-bond donors (Lipinski definition) is 0. The highest BCUT2D eigenvalue weighted by Crippen LogP contribution is 2.18. The number of pyridine rings is 1. The zero-order valence-electron chi connectivity index (χ0n) is 8.86. The second-order valence-corrected chi connectivity index (χ2v) is 5.11. The topological polar surface area (TPSA) is 31.4 Å². The average molecular weight is 210 g/mol. The van der Waals surface area contributed by atoms with Gasteiger partial charge in [0.1, 0.15) is 0 Å². The highest BCUT2D eigenvalue weighted by molar-refractivity contribution is 6.44. The zero-order chi connectivity index (χ0) is 10.4. The van der Waals surface area contributed by atoms with Gasteiger partial charge in [0.15, 0.2) is 0 Å². The van der Waals surface area contributed by atoms with Gasteiger partial charge in [0.2, 0.25) is 0 Å². The van der Waals surface area contributed by atoms with E-state index in [0.29, 0.717) is 5.92 Å². The molecule has 77 valence electrons. The van der Waals surface area contributed by atoms with E-state index >= 15 is 0 Å². The van der Waals surface area contributed by atoms with E-state index in [4.69, 9.17) is 8.85 Å². The molecule has 1 heterocycles. The van der Waals surface area contributed by atoms with Gasteiger partial charge in [0.25, 0.3) is 0 Å². The molecule has 0 bridgehead atoms. The van der Waals surface area contributed by atoms with Crippen molar-refractivity contribution in [2.75, 3.05) is 14.2 Å². The summed E-state index contributed by atoms with van der Waals surface area (Å²) in [6, 6.07) is 6.89. The van der Waals surface area contributed by atoms with Crippen LogP contribution in [0, 0.1) is 0 Å². The van der Waals surface area contributed by atoms with E-state index in [1.54, 1.807) is 14.2 Å². The Morgan fingerprint density at radius 3 is 2.57 bits per heavy atom. The Morgan fingerprint density at radius 2 is 2.07 bits per heavy atom. The van der Waals surface area contributed by atoms with Crippen molar-refractivity contribution in [3.05, 3.63) is 30.1 Å². The van der Waals surface area contributed by atoms with Crippen LogP contribution in [0.5, 0.6) is 0 Å². The monoisotopic (exact) mass is 210 g/mol. The SMILES string of the molecule is CO[Si](CC(C)c1ccccn1)OC. The molecule has 14 heavy (non-hydrogen) atoms. The quantitative estimate of drug-likeness (QED) is 0.696. The van der Waals surface area contributed by atoms with Crippen LogP contribution in [0.15, 0.2) is 24.4 Å².